The van der Waals surface area contributed by atoms with Gasteiger partial charge in [0.2, 0.25) is 0 Å². The molecule has 0 aromatic carbocycles. The molecule has 0 saturated heterocycles. The van der Waals surface area contributed by atoms with E-state index in [1.165, 1.54) is 32.1 Å². The summed E-state index contributed by atoms with van der Waals surface area (Å²) in [6, 6.07) is 0. The molecule has 4 heteroatoms. The van der Waals surface area contributed by atoms with Crippen molar-refractivity contribution in [3.63, 3.8) is 0 Å². The third-order valence-corrected chi connectivity index (χ3v) is 3.67. The second-order valence-electron chi connectivity index (χ2n) is 4.31. The fraction of sp³-hybridized carbons (Fsp3) is 0.727. The monoisotopic (exact) mass is 227 g/mol. The first kappa shape index (κ1) is 11.0. The third kappa shape index (κ3) is 2.04. The molecule has 0 aliphatic heterocycles. The van der Waals surface area contributed by atoms with Gasteiger partial charge in [0, 0.05) is 19.5 Å². The van der Waals surface area contributed by atoms with Crippen LogP contribution >= 0.6 is 11.6 Å². The van der Waals surface area contributed by atoms with Crippen LogP contribution in [0.2, 0.25) is 5.15 Å². The largest absolute Gasteiger partial charge is 0.332 e. The van der Waals surface area contributed by atoms with Crippen LogP contribution < -0.4 is 5.73 Å². The van der Waals surface area contributed by atoms with E-state index in [0.29, 0.717) is 17.6 Å². The SMILES string of the molecule is Cn1c(C2CCCCC2)nc(Cl)c1CN. The van der Waals surface area contributed by atoms with Crippen molar-refractivity contribution in [2.45, 2.75) is 44.6 Å². The number of imidazole rings is 1. The van der Waals surface area contributed by atoms with Crippen molar-refractivity contribution in [2.24, 2.45) is 12.8 Å². The summed E-state index contributed by atoms with van der Waals surface area (Å²) in [5, 5.41) is 0.584. The quantitative estimate of drug-likeness (QED) is 0.844. The summed E-state index contributed by atoms with van der Waals surface area (Å²) in [7, 11) is 2.02. The average Bonchev–Trinajstić information content (AvgIpc) is 2.55. The number of hydrogen-bond donors (Lipinski definition) is 1. The van der Waals surface area contributed by atoms with Gasteiger partial charge in [0.1, 0.15) is 5.82 Å². The summed E-state index contributed by atoms with van der Waals surface area (Å²) in [5.41, 5.74) is 6.60. The Morgan fingerprint density at radius 3 is 2.60 bits per heavy atom. The summed E-state index contributed by atoms with van der Waals surface area (Å²) in [5.74, 6) is 1.71. The molecule has 0 unspecified atom stereocenters. The molecule has 0 atom stereocenters. The molecule has 1 heterocycles. The van der Waals surface area contributed by atoms with E-state index >= 15 is 0 Å². The fourth-order valence-corrected chi connectivity index (χ4v) is 2.75. The lowest BCUT2D eigenvalue weighted by molar-refractivity contribution is 0.420. The molecule has 2 rings (SSSR count). The van der Waals surface area contributed by atoms with Crippen LogP contribution in [-0.4, -0.2) is 9.55 Å². The summed E-state index contributed by atoms with van der Waals surface area (Å²) in [6.07, 6.45) is 6.47. The van der Waals surface area contributed by atoms with E-state index in [4.69, 9.17) is 17.3 Å². The van der Waals surface area contributed by atoms with Gasteiger partial charge in [0.25, 0.3) is 0 Å². The topological polar surface area (TPSA) is 43.8 Å². The molecule has 1 aromatic rings. The molecule has 0 bridgehead atoms. The molecule has 1 saturated carbocycles. The van der Waals surface area contributed by atoms with Crippen molar-refractivity contribution in [2.75, 3.05) is 0 Å². The molecule has 1 aliphatic carbocycles. The van der Waals surface area contributed by atoms with E-state index in [9.17, 15) is 0 Å². The van der Waals surface area contributed by atoms with Crippen LogP contribution in [0.5, 0.6) is 0 Å². The molecule has 0 radical (unpaired) electrons. The first-order valence-electron chi connectivity index (χ1n) is 5.65. The highest BCUT2D eigenvalue weighted by Crippen LogP contribution is 2.33. The van der Waals surface area contributed by atoms with Crippen molar-refractivity contribution in [1.29, 1.82) is 0 Å². The number of rotatable bonds is 2. The predicted octanol–water partition coefficient (Wildman–Crippen LogP) is 2.58. The van der Waals surface area contributed by atoms with Gasteiger partial charge in [-0.05, 0) is 12.8 Å². The van der Waals surface area contributed by atoms with Crippen LogP contribution in [-0.2, 0) is 13.6 Å². The highest BCUT2D eigenvalue weighted by Gasteiger charge is 2.22. The number of halogens is 1. The number of aromatic nitrogens is 2. The minimum atomic E-state index is 0.467. The van der Waals surface area contributed by atoms with Gasteiger partial charge in [-0.2, -0.15) is 0 Å². The Balaban J connectivity index is 2.27. The first-order chi connectivity index (χ1) is 7.24. The normalized spacial score (nSPS) is 18.3. The van der Waals surface area contributed by atoms with Gasteiger partial charge in [-0.15, -0.1) is 0 Å². The number of nitrogens with zero attached hydrogens (tertiary/aromatic N) is 2. The highest BCUT2D eigenvalue weighted by molar-refractivity contribution is 6.30. The maximum absolute atomic E-state index is 6.06. The van der Waals surface area contributed by atoms with Crippen LogP contribution in [0, 0.1) is 0 Å². The van der Waals surface area contributed by atoms with Gasteiger partial charge in [-0.3, -0.25) is 0 Å². The van der Waals surface area contributed by atoms with Gasteiger partial charge in [-0.25, -0.2) is 4.98 Å². The summed E-state index contributed by atoms with van der Waals surface area (Å²) in [6.45, 7) is 0.467. The molecular weight excluding hydrogens is 210 g/mol. The summed E-state index contributed by atoms with van der Waals surface area (Å²) >= 11 is 6.06. The zero-order chi connectivity index (χ0) is 10.8. The zero-order valence-electron chi connectivity index (χ0n) is 9.17. The first-order valence-corrected chi connectivity index (χ1v) is 6.03. The predicted molar refractivity (Wildman–Crippen MR) is 61.9 cm³/mol. The van der Waals surface area contributed by atoms with Gasteiger partial charge in [-0.1, -0.05) is 30.9 Å². The van der Waals surface area contributed by atoms with Gasteiger partial charge in [0.05, 0.1) is 5.69 Å². The molecule has 0 amide bonds. The Morgan fingerprint density at radius 1 is 1.40 bits per heavy atom. The lowest BCUT2D eigenvalue weighted by atomic mass is 9.89. The maximum Gasteiger partial charge on any atom is 0.151 e. The Hall–Kier alpha value is -0.540. The van der Waals surface area contributed by atoms with Crippen molar-refractivity contribution < 1.29 is 0 Å². The molecule has 84 valence electrons. The van der Waals surface area contributed by atoms with E-state index in [-0.39, 0.29) is 0 Å². The van der Waals surface area contributed by atoms with E-state index in [1.54, 1.807) is 0 Å². The second-order valence-corrected chi connectivity index (χ2v) is 4.66. The van der Waals surface area contributed by atoms with Crippen molar-refractivity contribution in [3.8, 4) is 0 Å². The fourth-order valence-electron chi connectivity index (χ4n) is 2.46. The average molecular weight is 228 g/mol. The van der Waals surface area contributed by atoms with Gasteiger partial charge < -0.3 is 10.3 Å². The molecule has 0 spiro atoms. The Bertz CT molecular complexity index is 340. The summed E-state index contributed by atoms with van der Waals surface area (Å²) in [4.78, 5) is 4.45. The highest BCUT2D eigenvalue weighted by atomic mass is 35.5. The number of nitrogens with two attached hydrogens (primary N) is 1. The molecule has 1 aliphatic rings. The Kier molecular flexibility index (Phi) is 3.32. The van der Waals surface area contributed by atoms with Gasteiger partial charge >= 0.3 is 0 Å². The van der Waals surface area contributed by atoms with Crippen LogP contribution in [0.1, 0.15) is 49.5 Å². The summed E-state index contributed by atoms with van der Waals surface area (Å²) < 4.78 is 2.08. The van der Waals surface area contributed by atoms with Crippen molar-refractivity contribution in [3.05, 3.63) is 16.7 Å². The minimum Gasteiger partial charge on any atom is -0.332 e. The second kappa shape index (κ2) is 4.54. The molecule has 2 N–H and O–H groups in total. The van der Waals surface area contributed by atoms with E-state index in [2.05, 4.69) is 9.55 Å². The van der Waals surface area contributed by atoms with Crippen molar-refractivity contribution in [1.82, 2.24) is 9.55 Å². The lowest BCUT2D eigenvalue weighted by Gasteiger charge is -2.21. The molecule has 1 fully saturated rings. The van der Waals surface area contributed by atoms with E-state index < -0.39 is 0 Å². The molecule has 1 aromatic heterocycles. The Morgan fingerprint density at radius 2 is 2.07 bits per heavy atom. The zero-order valence-corrected chi connectivity index (χ0v) is 9.93. The van der Waals surface area contributed by atoms with Gasteiger partial charge in [0.15, 0.2) is 5.15 Å². The third-order valence-electron chi connectivity index (χ3n) is 3.36. The maximum atomic E-state index is 6.06. The standard InChI is InChI=1S/C11H18ClN3/c1-15-9(7-13)10(12)14-11(15)8-5-3-2-4-6-8/h8H,2-7,13H2,1H3. The van der Waals surface area contributed by atoms with Crippen LogP contribution in [0.15, 0.2) is 0 Å². The van der Waals surface area contributed by atoms with Crippen LogP contribution in [0.4, 0.5) is 0 Å². The molecule has 3 nitrogen and oxygen atoms in total. The minimum absolute atomic E-state index is 0.467. The smallest absolute Gasteiger partial charge is 0.151 e. The van der Waals surface area contributed by atoms with Crippen LogP contribution in [0.25, 0.3) is 0 Å². The van der Waals surface area contributed by atoms with E-state index in [1.807, 2.05) is 7.05 Å². The van der Waals surface area contributed by atoms with Crippen LogP contribution in [0.3, 0.4) is 0 Å². The number of hydrogen-bond acceptors (Lipinski definition) is 2. The van der Waals surface area contributed by atoms with E-state index in [0.717, 1.165) is 11.5 Å². The molecule has 15 heavy (non-hydrogen) atoms. The van der Waals surface area contributed by atoms with Crippen molar-refractivity contribution >= 4 is 11.6 Å². The molecular formula is C11H18ClN3. The Labute approximate surface area is 95.6 Å². The lowest BCUT2D eigenvalue weighted by Crippen LogP contribution is -2.12.